The summed E-state index contributed by atoms with van der Waals surface area (Å²) in [6.07, 6.45) is -0.644. The fourth-order valence-electron chi connectivity index (χ4n) is 3.43. The smallest absolute Gasteiger partial charge is 0.417 e. The Morgan fingerprint density at radius 3 is 2.04 bits per heavy atom. The van der Waals surface area contributed by atoms with Crippen molar-refractivity contribution in [1.82, 2.24) is 4.90 Å². The van der Waals surface area contributed by atoms with Gasteiger partial charge in [0.25, 0.3) is 0 Å². The standard InChI is InChI=1S/C22H23NO4/c1-15(16(2)24)13-20(25)23-19(14-27-22(23)26)21(17-9-5-3-6-10-17)18-11-7-4-8-12-18/h3-12,15,19,21H,13-14H2,1-2H3/t15-,19-/m0/s1. The van der Waals surface area contributed by atoms with Gasteiger partial charge in [-0.1, -0.05) is 67.6 Å². The lowest BCUT2D eigenvalue weighted by Crippen LogP contribution is -2.43. The first kappa shape index (κ1) is 18.8. The SMILES string of the molecule is CC(=O)[C@@H](C)CC(=O)N1C(=O)OC[C@H]1C(c1ccccc1)c1ccccc1. The van der Waals surface area contributed by atoms with E-state index in [9.17, 15) is 14.4 Å². The summed E-state index contributed by atoms with van der Waals surface area (Å²) in [6, 6.07) is 19.1. The van der Waals surface area contributed by atoms with Crippen LogP contribution in [0.5, 0.6) is 0 Å². The zero-order valence-electron chi connectivity index (χ0n) is 15.5. The van der Waals surface area contributed by atoms with Crippen molar-refractivity contribution in [3.63, 3.8) is 0 Å². The number of carbonyl (C=O) groups excluding carboxylic acids is 3. The van der Waals surface area contributed by atoms with Gasteiger partial charge in [-0.3, -0.25) is 9.59 Å². The number of benzene rings is 2. The van der Waals surface area contributed by atoms with Crippen LogP contribution in [0, 0.1) is 5.92 Å². The van der Waals surface area contributed by atoms with E-state index < -0.39 is 18.1 Å². The quantitative estimate of drug-likeness (QED) is 0.781. The van der Waals surface area contributed by atoms with Crippen molar-refractivity contribution in [1.29, 1.82) is 0 Å². The highest BCUT2D eigenvalue weighted by molar-refractivity contribution is 5.95. The fraction of sp³-hybridized carbons (Fsp3) is 0.318. The highest BCUT2D eigenvalue weighted by Gasteiger charge is 2.43. The molecule has 140 valence electrons. The van der Waals surface area contributed by atoms with Crippen molar-refractivity contribution < 1.29 is 19.1 Å². The van der Waals surface area contributed by atoms with Crippen molar-refractivity contribution in [3.8, 4) is 0 Å². The summed E-state index contributed by atoms with van der Waals surface area (Å²) in [5, 5.41) is 0. The van der Waals surface area contributed by atoms with Crippen LogP contribution in [-0.2, 0) is 14.3 Å². The molecule has 5 nitrogen and oxygen atoms in total. The van der Waals surface area contributed by atoms with Gasteiger partial charge in [0.2, 0.25) is 5.91 Å². The summed E-state index contributed by atoms with van der Waals surface area (Å²) >= 11 is 0. The monoisotopic (exact) mass is 365 g/mol. The lowest BCUT2D eigenvalue weighted by atomic mass is 9.84. The second kappa shape index (κ2) is 8.16. The van der Waals surface area contributed by atoms with E-state index in [-0.39, 0.29) is 30.6 Å². The average Bonchev–Trinajstić information content (AvgIpc) is 3.05. The molecule has 0 radical (unpaired) electrons. The molecule has 0 N–H and O–H groups in total. The Balaban J connectivity index is 1.96. The molecule has 2 amide bonds. The third kappa shape index (κ3) is 4.08. The van der Waals surface area contributed by atoms with Gasteiger partial charge in [-0.05, 0) is 18.1 Å². The minimum absolute atomic E-state index is 0.00275. The predicted molar refractivity (Wildman–Crippen MR) is 101 cm³/mol. The molecule has 1 aliphatic rings. The third-order valence-electron chi connectivity index (χ3n) is 5.05. The maximum absolute atomic E-state index is 12.8. The van der Waals surface area contributed by atoms with Crippen molar-refractivity contribution in [2.24, 2.45) is 5.92 Å². The van der Waals surface area contributed by atoms with Gasteiger partial charge in [-0.15, -0.1) is 0 Å². The highest BCUT2D eigenvalue weighted by Crippen LogP contribution is 2.34. The topological polar surface area (TPSA) is 63.7 Å². The molecule has 3 rings (SSSR count). The van der Waals surface area contributed by atoms with Crippen LogP contribution in [0.3, 0.4) is 0 Å². The molecule has 1 fully saturated rings. The van der Waals surface area contributed by atoms with E-state index in [0.717, 1.165) is 11.1 Å². The van der Waals surface area contributed by atoms with E-state index in [1.165, 1.54) is 11.8 Å². The second-order valence-electron chi connectivity index (χ2n) is 6.92. The summed E-state index contributed by atoms with van der Waals surface area (Å²) in [7, 11) is 0. The molecule has 0 aliphatic carbocycles. The van der Waals surface area contributed by atoms with Crippen LogP contribution in [0.4, 0.5) is 4.79 Å². The number of amides is 2. The Hall–Kier alpha value is -2.95. The molecule has 0 saturated carbocycles. The van der Waals surface area contributed by atoms with Crippen molar-refractivity contribution >= 4 is 17.8 Å². The number of cyclic esters (lactones) is 1. The largest absolute Gasteiger partial charge is 0.447 e. The van der Waals surface area contributed by atoms with E-state index in [2.05, 4.69) is 0 Å². The predicted octanol–water partition coefficient (Wildman–Crippen LogP) is 3.78. The van der Waals surface area contributed by atoms with Crippen LogP contribution in [0.1, 0.15) is 37.3 Å². The van der Waals surface area contributed by atoms with Gasteiger partial charge in [0, 0.05) is 18.3 Å². The fourth-order valence-corrected chi connectivity index (χ4v) is 3.43. The van der Waals surface area contributed by atoms with E-state index in [4.69, 9.17) is 4.74 Å². The van der Waals surface area contributed by atoms with Crippen LogP contribution >= 0.6 is 0 Å². The first-order valence-electron chi connectivity index (χ1n) is 9.08. The number of ketones is 1. The van der Waals surface area contributed by atoms with Crippen LogP contribution in [0.2, 0.25) is 0 Å². The van der Waals surface area contributed by atoms with Crippen LogP contribution in [-0.4, -0.2) is 35.3 Å². The molecule has 0 unspecified atom stereocenters. The van der Waals surface area contributed by atoms with Gasteiger partial charge in [0.05, 0.1) is 6.04 Å². The summed E-state index contributed by atoms with van der Waals surface area (Å²) < 4.78 is 5.25. The van der Waals surface area contributed by atoms with Gasteiger partial charge < -0.3 is 4.74 Å². The highest BCUT2D eigenvalue weighted by atomic mass is 16.6. The first-order valence-corrected chi connectivity index (χ1v) is 9.08. The Kier molecular flexibility index (Phi) is 5.69. The molecular weight excluding hydrogens is 342 g/mol. The maximum Gasteiger partial charge on any atom is 0.417 e. The van der Waals surface area contributed by atoms with E-state index in [1.807, 2.05) is 60.7 Å². The Morgan fingerprint density at radius 2 is 1.56 bits per heavy atom. The molecule has 2 aromatic rings. The molecule has 2 aromatic carbocycles. The molecule has 1 aliphatic heterocycles. The number of imide groups is 1. The van der Waals surface area contributed by atoms with Crippen molar-refractivity contribution in [3.05, 3.63) is 71.8 Å². The molecule has 0 spiro atoms. The van der Waals surface area contributed by atoms with Crippen molar-refractivity contribution in [2.75, 3.05) is 6.61 Å². The minimum atomic E-state index is -0.641. The second-order valence-corrected chi connectivity index (χ2v) is 6.92. The molecular formula is C22H23NO4. The molecule has 1 heterocycles. The van der Waals surface area contributed by atoms with Crippen molar-refractivity contribution in [2.45, 2.75) is 32.2 Å². The number of rotatable bonds is 6. The van der Waals surface area contributed by atoms with Gasteiger partial charge in [0.15, 0.2) is 0 Å². The molecule has 0 bridgehead atoms. The number of Topliss-reactive ketones (excluding diaryl/α,β-unsaturated/α-hetero) is 1. The zero-order valence-corrected chi connectivity index (χ0v) is 15.5. The Labute approximate surface area is 158 Å². The molecule has 27 heavy (non-hydrogen) atoms. The number of nitrogens with zero attached hydrogens (tertiary/aromatic N) is 1. The maximum atomic E-state index is 12.8. The summed E-state index contributed by atoms with van der Waals surface area (Å²) in [4.78, 5) is 37.9. The van der Waals surface area contributed by atoms with E-state index in [0.29, 0.717) is 0 Å². The van der Waals surface area contributed by atoms with Gasteiger partial charge in [0.1, 0.15) is 12.4 Å². The average molecular weight is 365 g/mol. The first-order chi connectivity index (χ1) is 13.0. The van der Waals surface area contributed by atoms with E-state index in [1.54, 1.807) is 6.92 Å². The normalized spacial score (nSPS) is 17.7. The summed E-state index contributed by atoms with van der Waals surface area (Å²) in [6.45, 7) is 3.28. The van der Waals surface area contributed by atoms with Crippen LogP contribution in [0.15, 0.2) is 60.7 Å². The van der Waals surface area contributed by atoms with Gasteiger partial charge in [-0.25, -0.2) is 9.69 Å². The number of hydrogen-bond donors (Lipinski definition) is 0. The zero-order chi connectivity index (χ0) is 19.4. The van der Waals surface area contributed by atoms with E-state index >= 15 is 0 Å². The lowest BCUT2D eigenvalue weighted by Gasteiger charge is -2.29. The molecule has 1 saturated heterocycles. The molecule has 2 atom stereocenters. The number of carbonyl (C=O) groups is 3. The van der Waals surface area contributed by atoms with Gasteiger partial charge in [-0.2, -0.15) is 0 Å². The minimum Gasteiger partial charge on any atom is -0.447 e. The summed E-state index contributed by atoms with van der Waals surface area (Å²) in [5.74, 6) is -1.08. The molecule has 0 aromatic heterocycles. The number of hydrogen-bond acceptors (Lipinski definition) is 4. The molecule has 5 heteroatoms. The Bertz CT molecular complexity index is 779. The Morgan fingerprint density at radius 1 is 1.04 bits per heavy atom. The lowest BCUT2D eigenvalue weighted by molar-refractivity contribution is -0.133. The van der Waals surface area contributed by atoms with Crippen LogP contribution < -0.4 is 0 Å². The third-order valence-corrected chi connectivity index (χ3v) is 5.05. The summed E-state index contributed by atoms with van der Waals surface area (Å²) in [5.41, 5.74) is 2.01. The number of ether oxygens (including phenoxy) is 1. The van der Waals surface area contributed by atoms with Crippen LogP contribution in [0.25, 0.3) is 0 Å². The van der Waals surface area contributed by atoms with Gasteiger partial charge >= 0.3 is 6.09 Å².